The Labute approximate surface area is 300 Å². The molecule has 0 saturated heterocycles. The first-order valence-corrected chi connectivity index (χ1v) is 20.4. The van der Waals surface area contributed by atoms with Gasteiger partial charge in [0.25, 0.3) is 0 Å². The zero-order chi connectivity index (χ0) is 36.9. The molecule has 49 heavy (non-hydrogen) atoms. The third kappa shape index (κ3) is 21.0. The lowest BCUT2D eigenvalue weighted by Gasteiger charge is -2.30. The molecule has 0 aromatic carbocycles. The van der Waals surface area contributed by atoms with Gasteiger partial charge in [0.15, 0.2) is 12.2 Å². The molecule has 0 N–H and O–H groups in total. The van der Waals surface area contributed by atoms with E-state index in [0.717, 1.165) is 57.8 Å². The van der Waals surface area contributed by atoms with Crippen molar-refractivity contribution < 1.29 is 38.1 Å². The summed E-state index contributed by atoms with van der Waals surface area (Å²) in [6.07, 6.45) is 16.8. The van der Waals surface area contributed by atoms with Crippen LogP contribution in [0.25, 0.3) is 0 Å². The van der Waals surface area contributed by atoms with Gasteiger partial charge < -0.3 is 18.9 Å². The molecule has 0 bridgehead atoms. The van der Waals surface area contributed by atoms with Crippen molar-refractivity contribution in [2.24, 2.45) is 23.7 Å². The molecule has 8 heteroatoms. The smallest absolute Gasteiger partial charge is 0.309 e. The van der Waals surface area contributed by atoms with Crippen molar-refractivity contribution in [2.45, 2.75) is 202 Å². The predicted octanol–water partition coefficient (Wildman–Crippen LogP) is 10.7. The quantitative estimate of drug-likeness (QED) is 0.0389. The molecule has 0 aliphatic heterocycles. The molecule has 0 heterocycles. The van der Waals surface area contributed by atoms with Gasteiger partial charge in [-0.15, -0.1) is 0 Å². The Morgan fingerprint density at radius 3 is 0.980 bits per heavy atom. The maximum Gasteiger partial charge on any atom is 0.309 e. The van der Waals surface area contributed by atoms with Gasteiger partial charge in [0.1, 0.15) is 13.2 Å². The van der Waals surface area contributed by atoms with Crippen molar-refractivity contribution in [3.63, 3.8) is 0 Å². The summed E-state index contributed by atoms with van der Waals surface area (Å²) in [6, 6.07) is 0. The van der Waals surface area contributed by atoms with Crippen LogP contribution < -0.4 is 0 Å². The first-order valence-electron chi connectivity index (χ1n) is 20.4. The molecule has 288 valence electrons. The Morgan fingerprint density at radius 2 is 0.653 bits per heavy atom. The number of hydrogen-bond donors (Lipinski definition) is 0. The zero-order valence-corrected chi connectivity index (χ0v) is 33.0. The third-order valence-electron chi connectivity index (χ3n) is 9.91. The highest BCUT2D eigenvalue weighted by molar-refractivity contribution is 5.75. The second-order valence-electron chi connectivity index (χ2n) is 14.0. The van der Waals surface area contributed by atoms with Crippen molar-refractivity contribution in [3.8, 4) is 0 Å². The number of unbranched alkanes of at least 4 members (excludes halogenated alkanes) is 9. The van der Waals surface area contributed by atoms with Crippen molar-refractivity contribution >= 4 is 23.9 Å². The lowest BCUT2D eigenvalue weighted by Crippen LogP contribution is -2.44. The Hall–Kier alpha value is -2.12. The van der Waals surface area contributed by atoms with Gasteiger partial charge >= 0.3 is 23.9 Å². The van der Waals surface area contributed by atoms with E-state index in [-0.39, 0.29) is 48.8 Å². The van der Waals surface area contributed by atoms with Gasteiger partial charge in [-0.3, -0.25) is 19.2 Å². The minimum Gasteiger partial charge on any atom is -0.461 e. The molecular weight excluding hydrogens is 620 g/mol. The number of hydrogen-bond acceptors (Lipinski definition) is 8. The molecule has 0 aliphatic carbocycles. The van der Waals surface area contributed by atoms with Crippen LogP contribution in [0.3, 0.4) is 0 Å². The van der Waals surface area contributed by atoms with Crippen molar-refractivity contribution in [1.82, 2.24) is 0 Å². The fraction of sp³-hybridized carbons (Fsp3) is 0.902. The molecule has 0 radical (unpaired) electrons. The van der Waals surface area contributed by atoms with Crippen LogP contribution in [0.15, 0.2) is 0 Å². The van der Waals surface area contributed by atoms with Gasteiger partial charge in [-0.05, 0) is 51.4 Å². The fourth-order valence-electron chi connectivity index (χ4n) is 6.14. The Balaban J connectivity index is 6.13. The second-order valence-corrected chi connectivity index (χ2v) is 14.0. The van der Waals surface area contributed by atoms with E-state index < -0.39 is 24.1 Å². The van der Waals surface area contributed by atoms with Crippen LogP contribution in [0.5, 0.6) is 0 Å². The van der Waals surface area contributed by atoms with E-state index in [9.17, 15) is 19.2 Å². The summed E-state index contributed by atoms with van der Waals surface area (Å²) < 4.78 is 23.8. The summed E-state index contributed by atoms with van der Waals surface area (Å²) in [5.41, 5.74) is 0. The van der Waals surface area contributed by atoms with Crippen LogP contribution in [-0.4, -0.2) is 49.3 Å². The van der Waals surface area contributed by atoms with Crippen molar-refractivity contribution in [1.29, 1.82) is 0 Å². The second kappa shape index (κ2) is 30.7. The van der Waals surface area contributed by atoms with Gasteiger partial charge in [-0.25, -0.2) is 0 Å². The molecule has 4 unspecified atom stereocenters. The number of rotatable bonds is 32. The first kappa shape index (κ1) is 46.9. The van der Waals surface area contributed by atoms with E-state index in [1.54, 1.807) is 0 Å². The summed E-state index contributed by atoms with van der Waals surface area (Å²) in [7, 11) is 0. The molecule has 0 spiro atoms. The molecule has 0 aliphatic rings. The zero-order valence-electron chi connectivity index (χ0n) is 33.0. The Kier molecular flexibility index (Phi) is 29.4. The molecule has 0 fully saturated rings. The number of carbonyl (C=O) groups is 4. The molecule has 0 saturated carbocycles. The van der Waals surface area contributed by atoms with Crippen LogP contribution in [-0.2, 0) is 38.1 Å². The summed E-state index contributed by atoms with van der Waals surface area (Å²) in [6.45, 7) is 15.8. The Morgan fingerprint density at radius 1 is 0.367 bits per heavy atom. The van der Waals surface area contributed by atoms with Crippen molar-refractivity contribution in [3.05, 3.63) is 0 Å². The molecule has 6 atom stereocenters. The largest absolute Gasteiger partial charge is 0.461 e. The SMILES string of the molecule is CCCCCCCCCC(CC)C(=O)OC[C@H](OC(=O)C(CC)CCCC)[C@@H](COC(=O)C(CC)CCCC)OC(=O)C(CC)CCCC. The first-order chi connectivity index (χ1) is 23.7. The van der Waals surface area contributed by atoms with E-state index in [1.165, 1.54) is 32.1 Å². The predicted molar refractivity (Wildman–Crippen MR) is 198 cm³/mol. The summed E-state index contributed by atoms with van der Waals surface area (Å²) >= 11 is 0. The maximum atomic E-state index is 13.5. The highest BCUT2D eigenvalue weighted by atomic mass is 16.6. The van der Waals surface area contributed by atoms with E-state index in [0.29, 0.717) is 44.9 Å². The molecule has 8 nitrogen and oxygen atoms in total. The lowest BCUT2D eigenvalue weighted by molar-refractivity contribution is -0.188. The topological polar surface area (TPSA) is 105 Å². The summed E-state index contributed by atoms with van der Waals surface area (Å²) in [5, 5.41) is 0. The monoisotopic (exact) mass is 697 g/mol. The van der Waals surface area contributed by atoms with Crippen LogP contribution in [0, 0.1) is 23.7 Å². The summed E-state index contributed by atoms with van der Waals surface area (Å²) in [5.74, 6) is -2.70. The number of ether oxygens (including phenoxy) is 4. The highest BCUT2D eigenvalue weighted by Gasteiger charge is 2.36. The van der Waals surface area contributed by atoms with E-state index in [4.69, 9.17) is 18.9 Å². The Bertz CT molecular complexity index is 858. The number of carbonyl (C=O) groups excluding carboxylic acids is 4. The standard InChI is InChI=1S/C41H76O8/c1-9-17-21-22-23-24-25-29-33(14-6)39(43)47-31-37(49-41(45)35(16-8)28-20-12-4)36(48-40(44)34(15-7)27-19-11-3)30-46-38(42)32(13-5)26-18-10-2/h32-37H,9-31H2,1-8H3/t32?,33?,34?,35?,36-,37+/m1/s1. The minimum absolute atomic E-state index is 0.263. The van der Waals surface area contributed by atoms with Gasteiger partial charge in [0.05, 0.1) is 23.7 Å². The van der Waals surface area contributed by atoms with Crippen LogP contribution in [0.4, 0.5) is 0 Å². The van der Waals surface area contributed by atoms with E-state index >= 15 is 0 Å². The van der Waals surface area contributed by atoms with E-state index in [1.807, 2.05) is 27.7 Å². The highest BCUT2D eigenvalue weighted by Crippen LogP contribution is 2.23. The minimum atomic E-state index is -1.10. The van der Waals surface area contributed by atoms with Crippen molar-refractivity contribution in [2.75, 3.05) is 13.2 Å². The normalized spacial score (nSPS) is 15.0. The average Bonchev–Trinajstić information content (AvgIpc) is 3.10. The molecule has 0 aromatic heterocycles. The van der Waals surface area contributed by atoms with Crippen LogP contribution >= 0.6 is 0 Å². The lowest BCUT2D eigenvalue weighted by atomic mass is 9.98. The fourth-order valence-corrected chi connectivity index (χ4v) is 6.14. The summed E-state index contributed by atoms with van der Waals surface area (Å²) in [4.78, 5) is 53.5. The van der Waals surface area contributed by atoms with Gasteiger partial charge in [-0.1, -0.05) is 139 Å². The molecule has 0 amide bonds. The van der Waals surface area contributed by atoms with Crippen LogP contribution in [0.2, 0.25) is 0 Å². The third-order valence-corrected chi connectivity index (χ3v) is 9.91. The maximum absolute atomic E-state index is 13.5. The number of esters is 4. The van der Waals surface area contributed by atoms with Crippen LogP contribution in [0.1, 0.15) is 190 Å². The van der Waals surface area contributed by atoms with Gasteiger partial charge in [-0.2, -0.15) is 0 Å². The van der Waals surface area contributed by atoms with E-state index in [2.05, 4.69) is 27.7 Å². The molecule has 0 rings (SSSR count). The van der Waals surface area contributed by atoms with Gasteiger partial charge in [0, 0.05) is 0 Å². The average molecular weight is 697 g/mol. The molecule has 0 aromatic rings. The molecular formula is C41H76O8. The van der Waals surface area contributed by atoms with Gasteiger partial charge in [0.2, 0.25) is 0 Å².